The fourth-order valence-corrected chi connectivity index (χ4v) is 1.92. The summed E-state index contributed by atoms with van der Waals surface area (Å²) in [5.41, 5.74) is 1.55. The highest BCUT2D eigenvalue weighted by molar-refractivity contribution is 5.92. The van der Waals surface area contributed by atoms with Crippen LogP contribution in [-0.2, 0) is 13.5 Å². The van der Waals surface area contributed by atoms with Crippen LogP contribution in [0.4, 0.5) is 0 Å². The summed E-state index contributed by atoms with van der Waals surface area (Å²) in [4.78, 5) is 12.0. The molecule has 0 aliphatic heterocycles. The maximum absolute atomic E-state index is 12.0. The molecule has 0 spiro atoms. The van der Waals surface area contributed by atoms with Gasteiger partial charge in [0.1, 0.15) is 5.69 Å². The van der Waals surface area contributed by atoms with Crippen molar-refractivity contribution < 1.29 is 9.90 Å². The van der Waals surface area contributed by atoms with Crippen LogP contribution in [0.1, 0.15) is 16.1 Å². The Morgan fingerprint density at radius 3 is 2.68 bits per heavy atom. The van der Waals surface area contributed by atoms with E-state index in [-0.39, 0.29) is 18.6 Å². The summed E-state index contributed by atoms with van der Waals surface area (Å²) in [6.07, 6.45) is 2.17. The summed E-state index contributed by atoms with van der Waals surface area (Å²) in [6.45, 7) is -0.0987. The molecule has 5 nitrogen and oxygen atoms in total. The van der Waals surface area contributed by atoms with Crippen LogP contribution in [0.5, 0.6) is 0 Å². The lowest BCUT2D eigenvalue weighted by Crippen LogP contribution is -2.39. The fourth-order valence-electron chi connectivity index (χ4n) is 1.92. The third-order valence-electron chi connectivity index (χ3n) is 2.93. The average molecular weight is 259 g/mol. The number of nitrogens with zero attached hydrogens (tertiary/aromatic N) is 2. The fraction of sp³-hybridized carbons (Fsp3) is 0.286. The number of nitrogens with one attached hydrogen (secondary N) is 1. The monoisotopic (exact) mass is 259 g/mol. The molecule has 0 bridgehead atoms. The van der Waals surface area contributed by atoms with Gasteiger partial charge in [0.2, 0.25) is 0 Å². The summed E-state index contributed by atoms with van der Waals surface area (Å²) < 4.78 is 1.51. The number of aliphatic hydroxyl groups excluding tert-OH is 1. The first-order valence-electron chi connectivity index (χ1n) is 6.14. The molecule has 1 aromatic carbocycles. The Morgan fingerprint density at radius 2 is 2.11 bits per heavy atom. The number of aromatic nitrogens is 2. The van der Waals surface area contributed by atoms with Gasteiger partial charge in [0.05, 0.1) is 12.6 Å². The predicted molar refractivity (Wildman–Crippen MR) is 71.7 cm³/mol. The van der Waals surface area contributed by atoms with Crippen LogP contribution in [-0.4, -0.2) is 33.4 Å². The van der Waals surface area contributed by atoms with Gasteiger partial charge in [-0.3, -0.25) is 9.48 Å². The topological polar surface area (TPSA) is 67.2 Å². The Morgan fingerprint density at radius 1 is 1.37 bits per heavy atom. The minimum atomic E-state index is -0.301. The number of aryl methyl sites for hydroxylation is 1. The molecule has 2 aromatic rings. The van der Waals surface area contributed by atoms with Gasteiger partial charge in [-0.15, -0.1) is 0 Å². The number of hydrogen-bond donors (Lipinski definition) is 2. The number of aliphatic hydroxyl groups is 1. The Bertz CT molecular complexity index is 537. The molecule has 1 amide bonds. The van der Waals surface area contributed by atoms with Crippen molar-refractivity contribution in [2.75, 3.05) is 6.61 Å². The van der Waals surface area contributed by atoms with Crippen molar-refractivity contribution in [1.29, 1.82) is 0 Å². The zero-order chi connectivity index (χ0) is 13.7. The number of benzene rings is 1. The van der Waals surface area contributed by atoms with Crippen LogP contribution in [0, 0.1) is 0 Å². The SMILES string of the molecule is Cn1nccc1C(=O)N[C@H](CO)Cc1ccccc1. The largest absolute Gasteiger partial charge is 0.394 e. The highest BCUT2D eigenvalue weighted by atomic mass is 16.3. The van der Waals surface area contributed by atoms with Crippen LogP contribution >= 0.6 is 0 Å². The zero-order valence-corrected chi connectivity index (χ0v) is 10.8. The van der Waals surface area contributed by atoms with Crippen LogP contribution in [0.25, 0.3) is 0 Å². The van der Waals surface area contributed by atoms with Gasteiger partial charge < -0.3 is 10.4 Å². The van der Waals surface area contributed by atoms with Crippen molar-refractivity contribution in [2.24, 2.45) is 7.05 Å². The number of rotatable bonds is 5. The van der Waals surface area contributed by atoms with E-state index in [0.29, 0.717) is 12.1 Å². The summed E-state index contributed by atoms with van der Waals surface area (Å²) in [7, 11) is 1.71. The summed E-state index contributed by atoms with van der Waals surface area (Å²) in [5.74, 6) is -0.227. The van der Waals surface area contributed by atoms with Gasteiger partial charge in [-0.2, -0.15) is 5.10 Å². The molecule has 0 fully saturated rings. The predicted octanol–water partition coefficient (Wildman–Crippen LogP) is 0.753. The smallest absolute Gasteiger partial charge is 0.269 e. The van der Waals surface area contributed by atoms with Crippen molar-refractivity contribution in [3.63, 3.8) is 0 Å². The molecular formula is C14H17N3O2. The van der Waals surface area contributed by atoms with Gasteiger partial charge in [-0.1, -0.05) is 30.3 Å². The second-order valence-corrected chi connectivity index (χ2v) is 4.38. The van der Waals surface area contributed by atoms with E-state index in [1.807, 2.05) is 30.3 Å². The second-order valence-electron chi connectivity index (χ2n) is 4.38. The van der Waals surface area contributed by atoms with E-state index in [2.05, 4.69) is 10.4 Å². The van der Waals surface area contributed by atoms with Crippen LogP contribution < -0.4 is 5.32 Å². The first-order chi connectivity index (χ1) is 9.20. The van der Waals surface area contributed by atoms with E-state index in [4.69, 9.17) is 0 Å². The number of carbonyl (C=O) groups excluding carboxylic acids is 1. The average Bonchev–Trinajstić information content (AvgIpc) is 2.85. The summed E-state index contributed by atoms with van der Waals surface area (Å²) in [5, 5.41) is 16.1. The zero-order valence-electron chi connectivity index (χ0n) is 10.8. The first-order valence-corrected chi connectivity index (χ1v) is 6.14. The van der Waals surface area contributed by atoms with Crippen LogP contribution in [0.2, 0.25) is 0 Å². The van der Waals surface area contributed by atoms with Crippen molar-refractivity contribution >= 4 is 5.91 Å². The van der Waals surface area contributed by atoms with Crippen molar-refractivity contribution in [1.82, 2.24) is 15.1 Å². The molecule has 100 valence electrons. The van der Waals surface area contributed by atoms with Gasteiger partial charge in [0, 0.05) is 13.2 Å². The Balaban J connectivity index is 2.00. The van der Waals surface area contributed by atoms with Crippen LogP contribution in [0.3, 0.4) is 0 Å². The highest BCUT2D eigenvalue weighted by Crippen LogP contribution is 2.04. The number of hydrogen-bond acceptors (Lipinski definition) is 3. The van der Waals surface area contributed by atoms with E-state index in [1.165, 1.54) is 4.68 Å². The lowest BCUT2D eigenvalue weighted by atomic mass is 10.1. The highest BCUT2D eigenvalue weighted by Gasteiger charge is 2.15. The van der Waals surface area contributed by atoms with Gasteiger partial charge in [0.25, 0.3) is 5.91 Å². The summed E-state index contributed by atoms with van der Waals surface area (Å²) in [6, 6.07) is 11.1. The molecule has 2 rings (SSSR count). The standard InChI is InChI=1S/C14H17N3O2/c1-17-13(7-8-15-17)14(19)16-12(10-18)9-11-5-3-2-4-6-11/h2-8,12,18H,9-10H2,1H3,(H,16,19)/t12-/m0/s1. The molecular weight excluding hydrogens is 242 g/mol. The Hall–Kier alpha value is -2.14. The van der Waals surface area contributed by atoms with Gasteiger partial charge in [-0.25, -0.2) is 0 Å². The lowest BCUT2D eigenvalue weighted by molar-refractivity contribution is 0.0907. The van der Waals surface area contributed by atoms with Gasteiger partial charge in [0.15, 0.2) is 0 Å². The number of carbonyl (C=O) groups is 1. The van der Waals surface area contributed by atoms with E-state index < -0.39 is 0 Å². The van der Waals surface area contributed by atoms with Gasteiger partial charge in [-0.05, 0) is 18.1 Å². The molecule has 1 atom stereocenters. The normalized spacial score (nSPS) is 12.1. The Labute approximate surface area is 111 Å². The van der Waals surface area contributed by atoms with Crippen molar-refractivity contribution in [2.45, 2.75) is 12.5 Å². The minimum Gasteiger partial charge on any atom is -0.394 e. The second kappa shape index (κ2) is 6.15. The van der Waals surface area contributed by atoms with E-state index in [9.17, 15) is 9.90 Å². The first kappa shape index (κ1) is 13.3. The molecule has 0 unspecified atom stereocenters. The van der Waals surface area contributed by atoms with Gasteiger partial charge >= 0.3 is 0 Å². The third-order valence-corrected chi connectivity index (χ3v) is 2.93. The summed E-state index contributed by atoms with van der Waals surface area (Å²) >= 11 is 0. The molecule has 1 aromatic heterocycles. The quantitative estimate of drug-likeness (QED) is 0.832. The molecule has 0 aliphatic rings. The van der Waals surface area contributed by atoms with E-state index >= 15 is 0 Å². The molecule has 0 radical (unpaired) electrons. The maximum Gasteiger partial charge on any atom is 0.269 e. The minimum absolute atomic E-state index is 0.0987. The molecule has 0 aliphatic carbocycles. The lowest BCUT2D eigenvalue weighted by Gasteiger charge is -2.16. The molecule has 5 heteroatoms. The van der Waals surface area contributed by atoms with Crippen molar-refractivity contribution in [3.05, 3.63) is 53.9 Å². The molecule has 19 heavy (non-hydrogen) atoms. The van der Waals surface area contributed by atoms with Crippen molar-refractivity contribution in [3.8, 4) is 0 Å². The maximum atomic E-state index is 12.0. The molecule has 2 N–H and O–H groups in total. The Kier molecular flexibility index (Phi) is 4.30. The molecule has 1 heterocycles. The molecule has 0 saturated heterocycles. The number of amides is 1. The molecule has 0 saturated carbocycles. The van der Waals surface area contributed by atoms with Crippen LogP contribution in [0.15, 0.2) is 42.6 Å². The third kappa shape index (κ3) is 3.42. The van der Waals surface area contributed by atoms with E-state index in [1.54, 1.807) is 19.3 Å². The van der Waals surface area contributed by atoms with E-state index in [0.717, 1.165) is 5.56 Å².